The Hall–Kier alpha value is -4.19. The van der Waals surface area contributed by atoms with Gasteiger partial charge in [-0.1, -0.05) is 23.4 Å². The number of amides is 1. The number of hydrogen-bond acceptors (Lipinski definition) is 9. The maximum absolute atomic E-state index is 12.8. The normalized spacial score (nSPS) is 15.5. The molecule has 176 valence electrons. The molecule has 1 fully saturated rings. The number of hydrogen-bond donors (Lipinski definition) is 2. The van der Waals surface area contributed by atoms with E-state index in [1.165, 1.54) is 5.56 Å². The van der Waals surface area contributed by atoms with E-state index >= 15 is 0 Å². The maximum atomic E-state index is 12.8. The van der Waals surface area contributed by atoms with Crippen LogP contribution in [0.2, 0.25) is 0 Å². The first-order valence-electron chi connectivity index (χ1n) is 10.6. The van der Waals surface area contributed by atoms with Crippen LogP contribution in [0.1, 0.15) is 23.8 Å². The van der Waals surface area contributed by atoms with E-state index in [2.05, 4.69) is 31.1 Å². The number of carbonyl (C=O) groups is 3. The van der Waals surface area contributed by atoms with E-state index in [0.717, 1.165) is 38.2 Å². The Labute approximate surface area is 193 Å². The second-order valence-electron chi connectivity index (χ2n) is 7.81. The number of likely N-dealkylation sites (tertiary alicyclic amines) is 1. The van der Waals surface area contributed by atoms with Gasteiger partial charge in [-0.15, -0.1) is 0 Å². The van der Waals surface area contributed by atoms with Crippen molar-refractivity contribution in [3.05, 3.63) is 54.2 Å². The minimum absolute atomic E-state index is 0.145. The zero-order chi connectivity index (χ0) is 24.1. The van der Waals surface area contributed by atoms with Gasteiger partial charge in [0.05, 0.1) is 12.5 Å². The summed E-state index contributed by atoms with van der Waals surface area (Å²) in [4.78, 5) is 47.7. The molecule has 0 saturated carbocycles. The third kappa shape index (κ3) is 5.23. The summed E-state index contributed by atoms with van der Waals surface area (Å²) in [6, 6.07) is 9.92. The molecule has 0 aliphatic carbocycles. The molecule has 5 rings (SSSR count). The van der Waals surface area contributed by atoms with Gasteiger partial charge in [0.15, 0.2) is 0 Å². The Balaban J connectivity index is 0.000000408. The predicted molar refractivity (Wildman–Crippen MR) is 117 cm³/mol. The average Bonchev–Trinajstić information content (AvgIpc) is 3.31. The van der Waals surface area contributed by atoms with Gasteiger partial charge in [0.1, 0.15) is 0 Å². The van der Waals surface area contributed by atoms with Crippen LogP contribution in [0.15, 0.2) is 47.2 Å². The third-order valence-electron chi connectivity index (χ3n) is 5.47. The van der Waals surface area contributed by atoms with E-state index in [0.29, 0.717) is 24.1 Å². The summed E-state index contributed by atoms with van der Waals surface area (Å²) in [6.07, 6.45) is 5.34. The van der Waals surface area contributed by atoms with Crippen LogP contribution >= 0.6 is 0 Å². The Morgan fingerprint density at radius 1 is 1.00 bits per heavy atom. The van der Waals surface area contributed by atoms with Crippen molar-refractivity contribution in [3.63, 3.8) is 0 Å². The molecule has 2 aliphatic rings. The van der Waals surface area contributed by atoms with Crippen LogP contribution in [-0.4, -0.2) is 79.2 Å². The summed E-state index contributed by atoms with van der Waals surface area (Å²) in [5.41, 5.74) is 2.31. The van der Waals surface area contributed by atoms with Crippen LogP contribution < -0.4 is 4.90 Å². The van der Waals surface area contributed by atoms with Crippen LogP contribution in [-0.2, 0) is 20.8 Å². The van der Waals surface area contributed by atoms with E-state index in [1.807, 2.05) is 23.1 Å². The molecule has 0 spiro atoms. The van der Waals surface area contributed by atoms with Crippen molar-refractivity contribution in [1.82, 2.24) is 25.0 Å². The molecule has 12 heteroatoms. The van der Waals surface area contributed by atoms with Gasteiger partial charge in [0, 0.05) is 37.7 Å². The minimum Gasteiger partial charge on any atom is -0.473 e. The standard InChI is InChI=1S/C20H20N6O2.C2H2O4/c27-17(26-10-3-6-14-5-1-2-7-16(14)26)13-25-11-15(12-25)20-23-19(24-28-20)18-21-8-4-9-22-18;3-1(4)2(5)6/h1-2,4-5,7-9,15H,3,6,10-13H2;(H,3,4)(H,5,6). The largest absolute Gasteiger partial charge is 0.473 e. The lowest BCUT2D eigenvalue weighted by atomic mass is 9.99. The van der Waals surface area contributed by atoms with Crippen LogP contribution in [0.3, 0.4) is 0 Å². The fourth-order valence-electron chi connectivity index (χ4n) is 3.83. The second-order valence-corrected chi connectivity index (χ2v) is 7.81. The number of carboxylic acids is 2. The quantitative estimate of drug-likeness (QED) is 0.529. The summed E-state index contributed by atoms with van der Waals surface area (Å²) >= 11 is 0. The maximum Gasteiger partial charge on any atom is 0.414 e. The van der Waals surface area contributed by atoms with E-state index in [1.54, 1.807) is 18.5 Å². The molecule has 2 aromatic heterocycles. The van der Waals surface area contributed by atoms with Gasteiger partial charge in [0.2, 0.25) is 23.4 Å². The zero-order valence-corrected chi connectivity index (χ0v) is 18.1. The minimum atomic E-state index is -1.82. The van der Waals surface area contributed by atoms with Crippen LogP contribution in [0.25, 0.3) is 11.6 Å². The highest BCUT2D eigenvalue weighted by atomic mass is 16.5. The van der Waals surface area contributed by atoms with Crippen LogP contribution in [0.5, 0.6) is 0 Å². The molecule has 0 radical (unpaired) electrons. The summed E-state index contributed by atoms with van der Waals surface area (Å²) in [5, 5.41) is 18.8. The smallest absolute Gasteiger partial charge is 0.414 e. The van der Waals surface area contributed by atoms with Gasteiger partial charge in [-0.3, -0.25) is 9.69 Å². The molecule has 1 aromatic carbocycles. The Morgan fingerprint density at radius 3 is 2.41 bits per heavy atom. The molecular formula is C22H22N6O6. The highest BCUT2D eigenvalue weighted by molar-refractivity contribution is 6.27. The van der Waals surface area contributed by atoms with Crippen molar-refractivity contribution in [1.29, 1.82) is 0 Å². The van der Waals surface area contributed by atoms with E-state index in [4.69, 9.17) is 24.3 Å². The first-order valence-corrected chi connectivity index (χ1v) is 10.6. The number of nitrogens with zero attached hydrogens (tertiary/aromatic N) is 6. The molecule has 4 heterocycles. The van der Waals surface area contributed by atoms with Crippen molar-refractivity contribution in [2.24, 2.45) is 0 Å². The molecule has 2 aliphatic heterocycles. The topological polar surface area (TPSA) is 163 Å². The number of anilines is 1. The molecule has 12 nitrogen and oxygen atoms in total. The molecule has 0 bridgehead atoms. The fraction of sp³-hybridized carbons (Fsp3) is 0.318. The first kappa shape index (κ1) is 23.0. The number of fused-ring (bicyclic) bond motifs is 1. The van der Waals surface area contributed by atoms with Crippen molar-refractivity contribution >= 4 is 23.5 Å². The van der Waals surface area contributed by atoms with Gasteiger partial charge in [-0.2, -0.15) is 4.98 Å². The average molecular weight is 466 g/mol. The monoisotopic (exact) mass is 466 g/mol. The summed E-state index contributed by atoms with van der Waals surface area (Å²) in [5.74, 6) is -1.93. The second kappa shape index (κ2) is 10.2. The molecule has 1 amide bonds. The van der Waals surface area contributed by atoms with E-state index in [-0.39, 0.29) is 11.8 Å². The van der Waals surface area contributed by atoms with Gasteiger partial charge < -0.3 is 19.6 Å². The molecule has 3 aromatic rings. The Bertz CT molecular complexity index is 1170. The third-order valence-corrected chi connectivity index (χ3v) is 5.47. The van der Waals surface area contributed by atoms with Gasteiger partial charge in [-0.25, -0.2) is 19.6 Å². The summed E-state index contributed by atoms with van der Waals surface area (Å²) in [6.45, 7) is 2.67. The number of aromatic nitrogens is 4. The molecule has 34 heavy (non-hydrogen) atoms. The van der Waals surface area contributed by atoms with Crippen molar-refractivity contribution in [2.75, 3.05) is 31.1 Å². The Kier molecular flexibility index (Phi) is 6.87. The van der Waals surface area contributed by atoms with Crippen LogP contribution in [0.4, 0.5) is 5.69 Å². The number of benzene rings is 1. The van der Waals surface area contributed by atoms with Gasteiger partial charge >= 0.3 is 11.9 Å². The lowest BCUT2D eigenvalue weighted by Crippen LogP contribution is -2.51. The van der Waals surface area contributed by atoms with E-state index < -0.39 is 11.9 Å². The zero-order valence-electron chi connectivity index (χ0n) is 18.1. The highest BCUT2D eigenvalue weighted by Crippen LogP contribution is 2.29. The number of carboxylic acid groups (broad SMARTS) is 2. The number of carbonyl (C=O) groups excluding carboxylic acids is 1. The van der Waals surface area contributed by atoms with E-state index in [9.17, 15) is 4.79 Å². The lowest BCUT2D eigenvalue weighted by Gasteiger charge is -2.38. The molecule has 2 N–H and O–H groups in total. The molecule has 1 saturated heterocycles. The van der Waals surface area contributed by atoms with Gasteiger partial charge in [-0.05, 0) is 30.5 Å². The SMILES string of the molecule is O=C(CN1CC(c2nc(-c3ncccn3)no2)C1)N1CCCc2ccccc21.O=C(O)C(=O)O. The molecular weight excluding hydrogens is 444 g/mol. The van der Waals surface area contributed by atoms with Crippen molar-refractivity contribution in [2.45, 2.75) is 18.8 Å². The number of aliphatic carboxylic acids is 2. The number of para-hydroxylation sites is 1. The lowest BCUT2D eigenvalue weighted by molar-refractivity contribution is -0.159. The summed E-state index contributed by atoms with van der Waals surface area (Å²) in [7, 11) is 0. The van der Waals surface area contributed by atoms with Gasteiger partial charge in [0.25, 0.3) is 0 Å². The first-order chi connectivity index (χ1) is 16.4. The molecule has 0 atom stereocenters. The highest BCUT2D eigenvalue weighted by Gasteiger charge is 2.35. The van der Waals surface area contributed by atoms with Crippen LogP contribution in [0, 0.1) is 0 Å². The number of aryl methyl sites for hydroxylation is 1. The fourth-order valence-corrected chi connectivity index (χ4v) is 3.83. The van der Waals surface area contributed by atoms with Crippen molar-refractivity contribution < 1.29 is 29.1 Å². The predicted octanol–water partition coefficient (Wildman–Crippen LogP) is 1.06. The summed E-state index contributed by atoms with van der Waals surface area (Å²) < 4.78 is 5.38. The number of rotatable bonds is 4. The molecule has 0 unspecified atom stereocenters. The van der Waals surface area contributed by atoms with Crippen molar-refractivity contribution in [3.8, 4) is 11.6 Å². The Morgan fingerprint density at radius 2 is 1.71 bits per heavy atom.